The van der Waals surface area contributed by atoms with Gasteiger partial charge in [0.15, 0.2) is 0 Å². The van der Waals surface area contributed by atoms with E-state index in [1.807, 2.05) is 12.1 Å². The van der Waals surface area contributed by atoms with Crippen LogP contribution in [0.2, 0.25) is 0 Å². The van der Waals surface area contributed by atoms with Gasteiger partial charge in [-0.3, -0.25) is 0 Å². The first-order chi connectivity index (χ1) is 23.2. The highest BCUT2D eigenvalue weighted by atomic mass is 16.3. The lowest BCUT2D eigenvalue weighted by Crippen LogP contribution is -1.86. The molecule has 0 N–H and O–H groups in total. The lowest BCUT2D eigenvalue weighted by Gasteiger charge is -2.12. The van der Waals surface area contributed by atoms with E-state index in [0.717, 1.165) is 21.9 Å². The van der Waals surface area contributed by atoms with E-state index >= 15 is 0 Å². The van der Waals surface area contributed by atoms with Crippen molar-refractivity contribution >= 4 is 65.0 Å². The maximum Gasteiger partial charge on any atom is 0.135 e. The number of furan rings is 1. The predicted molar refractivity (Wildman–Crippen MR) is 200 cm³/mol. The minimum atomic E-state index is 0.925. The number of hydrogen-bond donors (Lipinski definition) is 0. The number of benzene rings is 9. The quantitative estimate of drug-likeness (QED) is 0.185. The van der Waals surface area contributed by atoms with E-state index in [0.29, 0.717) is 0 Å². The van der Waals surface area contributed by atoms with E-state index in [1.165, 1.54) is 76.5 Å². The van der Waals surface area contributed by atoms with Crippen molar-refractivity contribution in [2.75, 3.05) is 0 Å². The van der Waals surface area contributed by atoms with Crippen LogP contribution in [0, 0.1) is 0 Å². The molecule has 0 spiro atoms. The normalized spacial score (nSPS) is 11.8. The van der Waals surface area contributed by atoms with Crippen LogP contribution in [0.15, 0.2) is 174 Å². The molecule has 1 nitrogen and oxygen atoms in total. The molecule has 0 aliphatic heterocycles. The summed E-state index contributed by atoms with van der Waals surface area (Å²) in [6, 6.07) is 61.8. The van der Waals surface area contributed by atoms with Crippen LogP contribution in [0.3, 0.4) is 0 Å². The highest BCUT2D eigenvalue weighted by molar-refractivity contribution is 6.14. The van der Waals surface area contributed by atoms with E-state index < -0.39 is 0 Å². The number of rotatable bonds is 3. The summed E-state index contributed by atoms with van der Waals surface area (Å²) < 4.78 is 6.06. The van der Waals surface area contributed by atoms with Crippen LogP contribution in [-0.2, 0) is 0 Å². The summed E-state index contributed by atoms with van der Waals surface area (Å²) >= 11 is 0. The first-order valence-corrected chi connectivity index (χ1v) is 16.2. The fourth-order valence-corrected chi connectivity index (χ4v) is 7.40. The van der Waals surface area contributed by atoms with Crippen LogP contribution in [0.25, 0.3) is 98.4 Å². The number of para-hydroxylation sites is 1. The van der Waals surface area contributed by atoms with Crippen LogP contribution in [-0.4, -0.2) is 0 Å². The Balaban J connectivity index is 1.03. The largest absolute Gasteiger partial charge is 0.456 e. The Morgan fingerprint density at radius 1 is 0.255 bits per heavy atom. The molecule has 0 atom stereocenters. The van der Waals surface area contributed by atoms with Crippen molar-refractivity contribution in [2.24, 2.45) is 0 Å². The van der Waals surface area contributed by atoms with Gasteiger partial charge in [-0.2, -0.15) is 0 Å². The van der Waals surface area contributed by atoms with Gasteiger partial charge in [0.05, 0.1) is 0 Å². The minimum Gasteiger partial charge on any atom is -0.456 e. The van der Waals surface area contributed by atoms with Crippen LogP contribution >= 0.6 is 0 Å². The second-order valence-electron chi connectivity index (χ2n) is 12.6. The summed E-state index contributed by atoms with van der Waals surface area (Å²) in [6.45, 7) is 0. The topological polar surface area (TPSA) is 13.1 Å². The first-order valence-electron chi connectivity index (χ1n) is 16.2. The number of fused-ring (bicyclic) bond motifs is 8. The Kier molecular flexibility index (Phi) is 5.64. The Bertz CT molecular complexity index is 2850. The van der Waals surface area contributed by atoms with Gasteiger partial charge in [-0.15, -0.1) is 0 Å². The van der Waals surface area contributed by atoms with Gasteiger partial charge in [-0.1, -0.05) is 121 Å². The molecule has 0 unspecified atom stereocenters. The predicted octanol–water partition coefficient (Wildman–Crippen LogP) is 13.2. The Morgan fingerprint density at radius 2 is 0.766 bits per heavy atom. The van der Waals surface area contributed by atoms with Crippen molar-refractivity contribution in [1.82, 2.24) is 0 Å². The molecule has 9 aromatic carbocycles. The minimum absolute atomic E-state index is 0.925. The molecule has 0 aliphatic carbocycles. The monoisotopic (exact) mass is 596 g/mol. The van der Waals surface area contributed by atoms with Gasteiger partial charge in [0.1, 0.15) is 11.2 Å². The van der Waals surface area contributed by atoms with E-state index in [4.69, 9.17) is 4.42 Å². The van der Waals surface area contributed by atoms with Gasteiger partial charge in [-0.05, 0) is 125 Å². The first kappa shape index (κ1) is 26.1. The SMILES string of the molecule is c1ccc2c(c1)cc(-c1ccc3ccc(-c4ccc5cc(-c6ccc7oc8ccccc8c7c6)ccc5c4)cc3c1)c1ccccc12. The molecular formula is C46H28O. The van der Waals surface area contributed by atoms with Gasteiger partial charge in [0.25, 0.3) is 0 Å². The molecule has 218 valence electrons. The Morgan fingerprint density at radius 3 is 1.53 bits per heavy atom. The van der Waals surface area contributed by atoms with Gasteiger partial charge >= 0.3 is 0 Å². The summed E-state index contributed by atoms with van der Waals surface area (Å²) in [5.74, 6) is 0. The van der Waals surface area contributed by atoms with Gasteiger partial charge in [0, 0.05) is 10.8 Å². The fraction of sp³-hybridized carbons (Fsp3) is 0. The smallest absolute Gasteiger partial charge is 0.135 e. The molecule has 0 amide bonds. The molecule has 47 heavy (non-hydrogen) atoms. The average molecular weight is 597 g/mol. The molecule has 0 saturated carbocycles. The molecule has 0 radical (unpaired) electrons. The summed E-state index contributed by atoms with van der Waals surface area (Å²) in [6.07, 6.45) is 0. The van der Waals surface area contributed by atoms with Crippen molar-refractivity contribution in [2.45, 2.75) is 0 Å². The van der Waals surface area contributed by atoms with Crippen molar-refractivity contribution in [3.63, 3.8) is 0 Å². The molecule has 0 saturated heterocycles. The molecule has 10 rings (SSSR count). The molecule has 1 aromatic heterocycles. The highest BCUT2D eigenvalue weighted by Gasteiger charge is 2.11. The third-order valence-corrected chi connectivity index (χ3v) is 9.80. The molecule has 10 aromatic rings. The Hall–Kier alpha value is -6.18. The van der Waals surface area contributed by atoms with Crippen LogP contribution in [0.1, 0.15) is 0 Å². The van der Waals surface area contributed by atoms with Crippen molar-refractivity contribution in [3.05, 3.63) is 170 Å². The zero-order chi connectivity index (χ0) is 30.9. The van der Waals surface area contributed by atoms with Crippen molar-refractivity contribution in [3.8, 4) is 33.4 Å². The summed E-state index contributed by atoms with van der Waals surface area (Å²) in [5, 5.41) is 12.4. The molecule has 0 aliphatic rings. The molecule has 1 heterocycles. The third kappa shape index (κ3) is 4.25. The second kappa shape index (κ2) is 10.2. The summed E-state index contributed by atoms with van der Waals surface area (Å²) in [5.41, 5.74) is 9.21. The van der Waals surface area contributed by atoms with Crippen LogP contribution in [0.5, 0.6) is 0 Å². The van der Waals surface area contributed by atoms with Crippen LogP contribution in [0.4, 0.5) is 0 Å². The molecule has 0 fully saturated rings. The van der Waals surface area contributed by atoms with Gasteiger partial charge in [0.2, 0.25) is 0 Å². The van der Waals surface area contributed by atoms with Crippen molar-refractivity contribution < 1.29 is 4.42 Å². The lowest BCUT2D eigenvalue weighted by molar-refractivity contribution is 0.669. The third-order valence-electron chi connectivity index (χ3n) is 9.80. The van der Waals surface area contributed by atoms with E-state index in [1.54, 1.807) is 0 Å². The van der Waals surface area contributed by atoms with Crippen molar-refractivity contribution in [1.29, 1.82) is 0 Å². The maximum atomic E-state index is 6.06. The fourth-order valence-electron chi connectivity index (χ4n) is 7.40. The molecule has 0 bridgehead atoms. The maximum absolute atomic E-state index is 6.06. The van der Waals surface area contributed by atoms with Gasteiger partial charge in [-0.25, -0.2) is 0 Å². The highest BCUT2D eigenvalue weighted by Crippen LogP contribution is 2.38. The summed E-state index contributed by atoms with van der Waals surface area (Å²) in [4.78, 5) is 0. The van der Waals surface area contributed by atoms with Crippen LogP contribution < -0.4 is 0 Å². The summed E-state index contributed by atoms with van der Waals surface area (Å²) in [7, 11) is 0. The second-order valence-corrected chi connectivity index (χ2v) is 12.6. The standard InChI is InChI=1S/C46H28O/c1-2-8-39-36(7-1)28-43(41-10-4-3-9-40(39)41)37-20-14-29-13-15-34(25-38(29)26-37)32-17-16-31-24-33(19-18-30(31)23-32)35-21-22-46-44(27-35)42-11-5-6-12-45(42)47-46/h1-28H. The van der Waals surface area contributed by atoms with E-state index in [2.05, 4.69) is 158 Å². The zero-order valence-corrected chi connectivity index (χ0v) is 25.6. The molecule has 1 heteroatoms. The van der Waals surface area contributed by atoms with E-state index in [9.17, 15) is 0 Å². The van der Waals surface area contributed by atoms with Gasteiger partial charge < -0.3 is 4.42 Å². The molecular weight excluding hydrogens is 569 g/mol. The zero-order valence-electron chi connectivity index (χ0n) is 25.6. The lowest BCUT2D eigenvalue weighted by atomic mass is 9.91. The number of hydrogen-bond acceptors (Lipinski definition) is 1. The average Bonchev–Trinajstić information content (AvgIpc) is 3.51. The Labute approximate surface area is 271 Å². The van der Waals surface area contributed by atoms with E-state index in [-0.39, 0.29) is 0 Å².